The van der Waals surface area contributed by atoms with E-state index in [4.69, 9.17) is 10.9 Å². The summed E-state index contributed by atoms with van der Waals surface area (Å²) in [5.41, 5.74) is 4.03. The predicted octanol–water partition coefficient (Wildman–Crippen LogP) is 2.91. The first kappa shape index (κ1) is 13.7. The lowest BCUT2D eigenvalue weighted by Crippen LogP contribution is -2.20. The van der Waals surface area contributed by atoms with Gasteiger partial charge >= 0.3 is 6.18 Å². The van der Waals surface area contributed by atoms with E-state index in [9.17, 15) is 13.2 Å². The molecule has 1 aromatic rings. The van der Waals surface area contributed by atoms with Crippen LogP contribution >= 0.6 is 11.8 Å². The van der Waals surface area contributed by atoms with Crippen LogP contribution in [-0.2, 0) is 6.18 Å². The molecular weight excluding hydrogens is 253 g/mol. The number of benzene rings is 1. The van der Waals surface area contributed by atoms with Crippen molar-refractivity contribution >= 4 is 17.6 Å². The van der Waals surface area contributed by atoms with Crippen LogP contribution in [0.1, 0.15) is 18.1 Å². The molecule has 3 N–H and O–H groups in total. The number of nitrogens with two attached hydrogens (primary N) is 1. The Hall–Kier alpha value is -1.37. The van der Waals surface area contributed by atoms with E-state index in [1.54, 1.807) is 0 Å². The molecule has 1 aromatic carbocycles. The molecule has 94 valence electrons. The van der Waals surface area contributed by atoms with Gasteiger partial charge in [0.25, 0.3) is 0 Å². The van der Waals surface area contributed by atoms with Crippen molar-refractivity contribution in [3.05, 3.63) is 29.3 Å². The monoisotopic (exact) mass is 264 g/mol. The van der Waals surface area contributed by atoms with Crippen molar-refractivity contribution in [1.29, 1.82) is 0 Å². The maximum atomic E-state index is 12.7. The highest BCUT2D eigenvalue weighted by molar-refractivity contribution is 7.99. The molecule has 0 aromatic heterocycles. The van der Waals surface area contributed by atoms with Crippen molar-refractivity contribution in [2.75, 3.05) is 5.75 Å². The number of hydrogen-bond donors (Lipinski definition) is 2. The van der Waals surface area contributed by atoms with Crippen LogP contribution in [0.25, 0.3) is 0 Å². The van der Waals surface area contributed by atoms with E-state index in [0.29, 0.717) is 4.90 Å². The molecule has 0 saturated heterocycles. The van der Waals surface area contributed by atoms with Gasteiger partial charge in [-0.15, -0.1) is 11.8 Å². The summed E-state index contributed by atoms with van der Waals surface area (Å²) in [7, 11) is 0. The molecule has 0 fully saturated rings. The van der Waals surface area contributed by atoms with E-state index in [-0.39, 0.29) is 5.56 Å². The third kappa shape index (κ3) is 3.29. The van der Waals surface area contributed by atoms with Crippen LogP contribution < -0.4 is 5.73 Å². The Bertz CT molecular complexity index is 432. The van der Waals surface area contributed by atoms with Crippen LogP contribution in [0.15, 0.2) is 28.3 Å². The van der Waals surface area contributed by atoms with Gasteiger partial charge < -0.3 is 10.9 Å². The van der Waals surface area contributed by atoms with E-state index < -0.39 is 17.6 Å². The third-order valence-corrected chi connectivity index (χ3v) is 2.87. The summed E-state index contributed by atoms with van der Waals surface area (Å²) in [4.78, 5) is 0.641. The number of amidine groups is 1. The van der Waals surface area contributed by atoms with E-state index in [0.717, 1.165) is 11.8 Å². The number of alkyl halides is 3. The van der Waals surface area contributed by atoms with Crippen molar-refractivity contribution in [1.82, 2.24) is 0 Å². The Kier molecular flexibility index (Phi) is 4.28. The molecule has 0 bridgehead atoms. The molecule has 0 heterocycles. The lowest BCUT2D eigenvalue weighted by atomic mass is 10.1. The highest BCUT2D eigenvalue weighted by Crippen LogP contribution is 2.34. The van der Waals surface area contributed by atoms with Gasteiger partial charge in [-0.3, -0.25) is 0 Å². The van der Waals surface area contributed by atoms with Crippen molar-refractivity contribution < 1.29 is 18.4 Å². The average molecular weight is 264 g/mol. The lowest BCUT2D eigenvalue weighted by molar-refractivity contribution is -0.137. The molecule has 7 heteroatoms. The van der Waals surface area contributed by atoms with Gasteiger partial charge in [0.05, 0.1) is 5.56 Å². The molecule has 0 amide bonds. The summed E-state index contributed by atoms with van der Waals surface area (Å²) in [5, 5.41) is 11.1. The van der Waals surface area contributed by atoms with Gasteiger partial charge in [-0.05, 0) is 24.0 Å². The molecule has 0 saturated carbocycles. The fraction of sp³-hybridized carbons (Fsp3) is 0.300. The van der Waals surface area contributed by atoms with E-state index in [1.807, 2.05) is 6.92 Å². The predicted molar refractivity (Wildman–Crippen MR) is 60.4 cm³/mol. The smallest absolute Gasteiger partial charge is 0.409 e. The Morgan fingerprint density at radius 3 is 2.59 bits per heavy atom. The standard InChI is InChI=1S/C10H11F3N2OS/c1-2-17-6-3-4-8(10(11,12)13)7(5-6)9(14)15-16/h3-5,16H,2H2,1H3,(H2,14,15). The van der Waals surface area contributed by atoms with Crippen molar-refractivity contribution in [3.63, 3.8) is 0 Å². The first-order valence-electron chi connectivity index (χ1n) is 4.72. The molecule has 3 nitrogen and oxygen atoms in total. The van der Waals surface area contributed by atoms with Gasteiger partial charge in [-0.25, -0.2) is 0 Å². The zero-order valence-corrected chi connectivity index (χ0v) is 9.77. The van der Waals surface area contributed by atoms with Crippen LogP contribution in [0.4, 0.5) is 13.2 Å². The Morgan fingerprint density at radius 1 is 1.47 bits per heavy atom. The lowest BCUT2D eigenvalue weighted by Gasteiger charge is -2.13. The van der Waals surface area contributed by atoms with E-state index in [2.05, 4.69) is 5.16 Å². The quantitative estimate of drug-likeness (QED) is 0.290. The van der Waals surface area contributed by atoms with Gasteiger partial charge in [0, 0.05) is 10.5 Å². The maximum Gasteiger partial charge on any atom is 0.417 e. The average Bonchev–Trinajstić information content (AvgIpc) is 2.27. The molecule has 1 rings (SSSR count). The summed E-state index contributed by atoms with van der Waals surface area (Å²) in [6.45, 7) is 1.88. The second-order valence-corrected chi connectivity index (χ2v) is 4.46. The molecule has 17 heavy (non-hydrogen) atoms. The number of halogens is 3. The molecule has 0 aliphatic heterocycles. The first-order chi connectivity index (χ1) is 7.90. The summed E-state index contributed by atoms with van der Waals surface area (Å²) < 4.78 is 38.0. The Labute approximate surface area is 100 Å². The number of rotatable bonds is 3. The molecular formula is C10H11F3N2OS. The molecule has 0 aliphatic carbocycles. The maximum absolute atomic E-state index is 12.7. The fourth-order valence-corrected chi connectivity index (χ4v) is 1.99. The van der Waals surface area contributed by atoms with Crippen LogP contribution in [0, 0.1) is 0 Å². The largest absolute Gasteiger partial charge is 0.417 e. The molecule has 0 unspecified atom stereocenters. The van der Waals surface area contributed by atoms with Gasteiger partial charge in [0.1, 0.15) is 0 Å². The van der Waals surface area contributed by atoms with Gasteiger partial charge in [0.2, 0.25) is 0 Å². The normalized spacial score (nSPS) is 12.8. The van der Waals surface area contributed by atoms with Crippen LogP contribution in [0.5, 0.6) is 0 Å². The minimum Gasteiger partial charge on any atom is -0.409 e. The summed E-state index contributed by atoms with van der Waals surface area (Å²) in [5.74, 6) is 0.178. The zero-order chi connectivity index (χ0) is 13.1. The third-order valence-electron chi connectivity index (χ3n) is 1.99. The summed E-state index contributed by atoms with van der Waals surface area (Å²) >= 11 is 1.38. The Morgan fingerprint density at radius 2 is 2.12 bits per heavy atom. The molecule has 0 atom stereocenters. The highest BCUT2D eigenvalue weighted by atomic mass is 32.2. The number of hydrogen-bond acceptors (Lipinski definition) is 3. The summed E-state index contributed by atoms with van der Waals surface area (Å²) in [6.07, 6.45) is -4.53. The minimum atomic E-state index is -4.53. The van der Waals surface area contributed by atoms with Crippen molar-refractivity contribution in [2.24, 2.45) is 10.9 Å². The highest BCUT2D eigenvalue weighted by Gasteiger charge is 2.34. The van der Waals surface area contributed by atoms with Gasteiger partial charge in [0.15, 0.2) is 5.84 Å². The number of oxime groups is 1. The fourth-order valence-electron chi connectivity index (χ4n) is 1.29. The van der Waals surface area contributed by atoms with Crippen LogP contribution in [0.3, 0.4) is 0 Å². The molecule has 0 aliphatic rings. The number of nitrogens with zero attached hydrogens (tertiary/aromatic N) is 1. The minimum absolute atomic E-state index is 0.307. The zero-order valence-electron chi connectivity index (χ0n) is 8.95. The van der Waals surface area contributed by atoms with E-state index >= 15 is 0 Å². The van der Waals surface area contributed by atoms with Crippen LogP contribution in [0.2, 0.25) is 0 Å². The molecule has 0 spiro atoms. The second kappa shape index (κ2) is 5.31. The first-order valence-corrected chi connectivity index (χ1v) is 5.70. The number of thioether (sulfide) groups is 1. The topological polar surface area (TPSA) is 58.6 Å². The second-order valence-electron chi connectivity index (χ2n) is 3.12. The van der Waals surface area contributed by atoms with Gasteiger partial charge in [-0.1, -0.05) is 12.1 Å². The van der Waals surface area contributed by atoms with Crippen molar-refractivity contribution in [2.45, 2.75) is 18.0 Å². The molecule has 0 radical (unpaired) electrons. The van der Waals surface area contributed by atoms with Gasteiger partial charge in [-0.2, -0.15) is 13.2 Å². The SMILES string of the molecule is CCSc1ccc(C(F)(F)F)c(/C(N)=N/O)c1. The summed E-state index contributed by atoms with van der Waals surface area (Å²) in [6, 6.07) is 3.57. The van der Waals surface area contributed by atoms with Crippen molar-refractivity contribution in [3.8, 4) is 0 Å². The Balaban J connectivity index is 3.32. The van der Waals surface area contributed by atoms with Crippen LogP contribution in [-0.4, -0.2) is 16.8 Å². The van der Waals surface area contributed by atoms with E-state index in [1.165, 1.54) is 23.9 Å².